The van der Waals surface area contributed by atoms with Crippen LogP contribution in [0.15, 0.2) is 4.47 Å². The normalized spacial score (nSPS) is 13.9. The number of aryl methyl sites for hydroxylation is 2. The second-order valence-corrected chi connectivity index (χ2v) is 4.97. The summed E-state index contributed by atoms with van der Waals surface area (Å²) in [5.74, 6) is 0. The number of halogens is 4. The zero-order chi connectivity index (χ0) is 13.9. The topological polar surface area (TPSA) is 38.0 Å². The zero-order valence-corrected chi connectivity index (χ0v) is 11.8. The molecule has 0 saturated carbocycles. The highest BCUT2D eigenvalue weighted by Crippen LogP contribution is 2.26. The molecule has 0 spiro atoms. The third kappa shape index (κ3) is 4.28. The molecule has 1 aromatic heterocycles. The molecular weight excluding hydrogens is 313 g/mol. The van der Waals surface area contributed by atoms with Crippen LogP contribution in [0.5, 0.6) is 0 Å². The largest absolute Gasteiger partial charge is 0.393 e. The van der Waals surface area contributed by atoms with Crippen molar-refractivity contribution in [1.29, 1.82) is 0 Å². The van der Waals surface area contributed by atoms with Crippen molar-refractivity contribution in [3.05, 3.63) is 15.9 Å². The highest BCUT2D eigenvalue weighted by Gasteiger charge is 2.28. The van der Waals surface area contributed by atoms with Crippen molar-refractivity contribution in [1.82, 2.24) is 9.78 Å². The van der Waals surface area contributed by atoms with E-state index >= 15 is 0 Å². The van der Waals surface area contributed by atoms with Crippen LogP contribution < -0.4 is 0 Å². The maximum absolute atomic E-state index is 12.0. The van der Waals surface area contributed by atoms with Crippen molar-refractivity contribution in [2.45, 2.75) is 51.9 Å². The first-order valence-corrected chi connectivity index (χ1v) is 6.50. The standard InChI is InChI=1S/C11H16BrF3N2O/c1-3-17-9(10(12)7(2)16-17)6-8(18)4-5-11(13,14)15/h8,18H,3-6H2,1-2H3. The summed E-state index contributed by atoms with van der Waals surface area (Å²) in [5, 5.41) is 13.9. The van der Waals surface area contributed by atoms with Crippen LogP contribution in [-0.4, -0.2) is 27.2 Å². The fraction of sp³-hybridized carbons (Fsp3) is 0.727. The molecule has 0 aliphatic rings. The van der Waals surface area contributed by atoms with Gasteiger partial charge in [0.25, 0.3) is 0 Å². The molecular formula is C11H16BrF3N2O. The Hall–Kier alpha value is -0.560. The van der Waals surface area contributed by atoms with Crippen LogP contribution in [0.25, 0.3) is 0 Å². The van der Waals surface area contributed by atoms with Crippen LogP contribution in [0.3, 0.4) is 0 Å². The number of nitrogens with zero attached hydrogens (tertiary/aromatic N) is 2. The van der Waals surface area contributed by atoms with Crippen LogP contribution in [0, 0.1) is 6.92 Å². The summed E-state index contributed by atoms with van der Waals surface area (Å²) in [6.07, 6.45) is -6.32. The quantitative estimate of drug-likeness (QED) is 0.901. The molecule has 0 amide bonds. The lowest BCUT2D eigenvalue weighted by Crippen LogP contribution is -2.18. The van der Waals surface area contributed by atoms with Gasteiger partial charge in [-0.2, -0.15) is 18.3 Å². The summed E-state index contributed by atoms with van der Waals surface area (Å²) in [5.41, 5.74) is 1.51. The van der Waals surface area contributed by atoms with Crippen molar-refractivity contribution < 1.29 is 18.3 Å². The van der Waals surface area contributed by atoms with Gasteiger partial charge in [-0.25, -0.2) is 0 Å². The van der Waals surface area contributed by atoms with Gasteiger partial charge in [0.15, 0.2) is 0 Å². The molecule has 1 heterocycles. The van der Waals surface area contributed by atoms with E-state index in [-0.39, 0.29) is 12.8 Å². The molecule has 1 aromatic rings. The minimum atomic E-state index is -4.22. The maximum atomic E-state index is 12.0. The summed E-state index contributed by atoms with van der Waals surface area (Å²) < 4.78 is 38.6. The highest BCUT2D eigenvalue weighted by molar-refractivity contribution is 9.10. The SMILES string of the molecule is CCn1nc(C)c(Br)c1CC(O)CCC(F)(F)F. The summed E-state index contributed by atoms with van der Waals surface area (Å²) in [6, 6.07) is 0. The first-order chi connectivity index (χ1) is 8.24. The Morgan fingerprint density at radius 1 is 1.44 bits per heavy atom. The van der Waals surface area contributed by atoms with Crippen LogP contribution in [0.2, 0.25) is 0 Å². The molecule has 0 saturated heterocycles. The van der Waals surface area contributed by atoms with Gasteiger partial charge in [0, 0.05) is 19.4 Å². The minimum Gasteiger partial charge on any atom is -0.393 e. The average molecular weight is 329 g/mol. The molecule has 0 bridgehead atoms. The van der Waals surface area contributed by atoms with Gasteiger partial charge in [-0.3, -0.25) is 4.68 Å². The van der Waals surface area contributed by atoms with E-state index in [1.165, 1.54) is 0 Å². The molecule has 1 rings (SSSR count). The Morgan fingerprint density at radius 3 is 2.56 bits per heavy atom. The van der Waals surface area contributed by atoms with E-state index in [0.717, 1.165) is 15.9 Å². The molecule has 1 N–H and O–H groups in total. The number of alkyl halides is 3. The minimum absolute atomic E-state index is 0.172. The molecule has 0 aromatic carbocycles. The molecule has 7 heteroatoms. The van der Waals surface area contributed by atoms with E-state index < -0.39 is 18.7 Å². The number of aliphatic hydroxyl groups is 1. The smallest absolute Gasteiger partial charge is 0.389 e. The molecule has 18 heavy (non-hydrogen) atoms. The van der Waals surface area contributed by atoms with Crippen molar-refractivity contribution in [3.8, 4) is 0 Å². The third-order valence-electron chi connectivity index (χ3n) is 2.64. The Bertz CT molecular complexity index is 404. The van der Waals surface area contributed by atoms with E-state index in [1.807, 2.05) is 13.8 Å². The zero-order valence-electron chi connectivity index (χ0n) is 10.3. The fourth-order valence-electron chi connectivity index (χ4n) is 1.72. The van der Waals surface area contributed by atoms with Gasteiger partial charge in [0.1, 0.15) is 0 Å². The predicted molar refractivity (Wildman–Crippen MR) is 65.3 cm³/mol. The van der Waals surface area contributed by atoms with E-state index in [9.17, 15) is 18.3 Å². The number of hydrogen-bond donors (Lipinski definition) is 1. The van der Waals surface area contributed by atoms with Crippen LogP contribution in [0.1, 0.15) is 31.2 Å². The van der Waals surface area contributed by atoms with Crippen LogP contribution in [0.4, 0.5) is 13.2 Å². The highest BCUT2D eigenvalue weighted by atomic mass is 79.9. The van der Waals surface area contributed by atoms with E-state index in [0.29, 0.717) is 6.54 Å². The molecule has 0 radical (unpaired) electrons. The summed E-state index contributed by atoms with van der Waals surface area (Å²) >= 11 is 3.34. The maximum Gasteiger partial charge on any atom is 0.389 e. The van der Waals surface area contributed by atoms with Gasteiger partial charge in [0.05, 0.1) is 22.0 Å². The van der Waals surface area contributed by atoms with Gasteiger partial charge in [-0.1, -0.05) is 0 Å². The Balaban J connectivity index is 2.67. The van der Waals surface area contributed by atoms with Crippen molar-refractivity contribution in [3.63, 3.8) is 0 Å². The van der Waals surface area contributed by atoms with Gasteiger partial charge in [-0.05, 0) is 36.2 Å². The molecule has 0 fully saturated rings. The van der Waals surface area contributed by atoms with Gasteiger partial charge in [-0.15, -0.1) is 0 Å². The Kier molecular flexibility index (Phi) is 5.21. The van der Waals surface area contributed by atoms with Crippen LogP contribution >= 0.6 is 15.9 Å². The Morgan fingerprint density at radius 2 is 2.06 bits per heavy atom. The molecule has 0 aliphatic heterocycles. The number of hydrogen-bond acceptors (Lipinski definition) is 2. The van der Waals surface area contributed by atoms with Crippen molar-refractivity contribution >= 4 is 15.9 Å². The van der Waals surface area contributed by atoms with E-state index in [4.69, 9.17) is 0 Å². The van der Waals surface area contributed by atoms with Gasteiger partial charge in [0.2, 0.25) is 0 Å². The van der Waals surface area contributed by atoms with Crippen molar-refractivity contribution in [2.75, 3.05) is 0 Å². The summed E-state index contributed by atoms with van der Waals surface area (Å²) in [4.78, 5) is 0. The lowest BCUT2D eigenvalue weighted by molar-refractivity contribution is -0.139. The van der Waals surface area contributed by atoms with Gasteiger partial charge < -0.3 is 5.11 Å². The first kappa shape index (κ1) is 15.5. The fourth-order valence-corrected chi connectivity index (χ4v) is 2.17. The van der Waals surface area contributed by atoms with Gasteiger partial charge >= 0.3 is 6.18 Å². The van der Waals surface area contributed by atoms with E-state index in [1.54, 1.807) is 4.68 Å². The molecule has 0 aliphatic carbocycles. The van der Waals surface area contributed by atoms with E-state index in [2.05, 4.69) is 21.0 Å². The summed E-state index contributed by atoms with van der Waals surface area (Å²) in [6.45, 7) is 4.32. The monoisotopic (exact) mass is 328 g/mol. The second kappa shape index (κ2) is 6.06. The molecule has 3 nitrogen and oxygen atoms in total. The summed E-state index contributed by atoms with van der Waals surface area (Å²) in [7, 11) is 0. The molecule has 1 unspecified atom stereocenters. The average Bonchev–Trinajstić information content (AvgIpc) is 2.53. The number of rotatable bonds is 5. The lowest BCUT2D eigenvalue weighted by Gasteiger charge is -2.13. The lowest BCUT2D eigenvalue weighted by atomic mass is 10.1. The number of aromatic nitrogens is 2. The second-order valence-electron chi connectivity index (χ2n) is 4.17. The Labute approximate surface area is 112 Å². The van der Waals surface area contributed by atoms with Crippen molar-refractivity contribution in [2.24, 2.45) is 0 Å². The predicted octanol–water partition coefficient (Wildman–Crippen LogP) is 3.22. The van der Waals surface area contributed by atoms with Crippen LogP contribution in [-0.2, 0) is 13.0 Å². The first-order valence-electron chi connectivity index (χ1n) is 5.71. The molecule has 104 valence electrons. The molecule has 1 atom stereocenters. The number of aliphatic hydroxyl groups excluding tert-OH is 1. The third-order valence-corrected chi connectivity index (χ3v) is 3.67.